The van der Waals surface area contributed by atoms with E-state index in [-0.39, 0.29) is 0 Å². The molecule has 0 bridgehead atoms. The number of nitrogens with zero attached hydrogens (tertiary/aromatic N) is 2. The molecule has 1 atom stereocenters. The second-order valence-electron chi connectivity index (χ2n) is 5.14. The molecule has 0 aliphatic carbocycles. The number of ether oxygens (including phenoxy) is 1. The molecule has 1 saturated heterocycles. The van der Waals surface area contributed by atoms with Gasteiger partial charge in [0.2, 0.25) is 0 Å². The number of nitrogens with two attached hydrogens (primary N) is 1. The summed E-state index contributed by atoms with van der Waals surface area (Å²) >= 11 is 0. The van der Waals surface area contributed by atoms with E-state index in [0.717, 1.165) is 37.6 Å². The van der Waals surface area contributed by atoms with Gasteiger partial charge in [-0.2, -0.15) is 0 Å². The number of anilines is 1. The highest BCUT2D eigenvalue weighted by Gasteiger charge is 2.20. The van der Waals surface area contributed by atoms with E-state index >= 15 is 0 Å². The Morgan fingerprint density at radius 3 is 2.78 bits per heavy atom. The molecule has 2 rings (SSSR count). The molecule has 4 nitrogen and oxygen atoms in total. The molecule has 100 valence electrons. The molecule has 1 unspecified atom stereocenters. The zero-order valence-corrected chi connectivity index (χ0v) is 11.5. The van der Waals surface area contributed by atoms with Crippen LogP contribution in [0.15, 0.2) is 18.2 Å². The van der Waals surface area contributed by atoms with Gasteiger partial charge in [-0.05, 0) is 31.7 Å². The van der Waals surface area contributed by atoms with Crippen molar-refractivity contribution in [3.63, 3.8) is 0 Å². The average molecular weight is 249 g/mol. The standard InChI is InChI=1S/C14H23N3O/c1-11-9-17(7-6-16(11)2)10-12-4-5-14(18-3)13(15)8-12/h4-5,8,11H,6-7,9-10,15H2,1-3H3. The highest BCUT2D eigenvalue weighted by atomic mass is 16.5. The summed E-state index contributed by atoms with van der Waals surface area (Å²) in [5.74, 6) is 0.755. The summed E-state index contributed by atoms with van der Waals surface area (Å²) in [5.41, 5.74) is 7.91. The first-order valence-corrected chi connectivity index (χ1v) is 6.45. The van der Waals surface area contributed by atoms with Gasteiger partial charge in [0, 0.05) is 32.2 Å². The van der Waals surface area contributed by atoms with E-state index in [9.17, 15) is 0 Å². The van der Waals surface area contributed by atoms with Gasteiger partial charge in [-0.1, -0.05) is 6.07 Å². The van der Waals surface area contributed by atoms with Crippen LogP contribution >= 0.6 is 0 Å². The third-order valence-electron chi connectivity index (χ3n) is 3.74. The Morgan fingerprint density at radius 2 is 2.17 bits per heavy atom. The van der Waals surface area contributed by atoms with Crippen molar-refractivity contribution >= 4 is 5.69 Å². The van der Waals surface area contributed by atoms with Gasteiger partial charge in [-0.25, -0.2) is 0 Å². The van der Waals surface area contributed by atoms with Gasteiger partial charge in [-0.3, -0.25) is 4.90 Å². The molecule has 1 aliphatic heterocycles. The molecule has 4 heteroatoms. The summed E-state index contributed by atoms with van der Waals surface area (Å²) in [7, 11) is 3.83. The Labute approximate surface area is 109 Å². The first-order valence-electron chi connectivity index (χ1n) is 6.45. The second kappa shape index (κ2) is 5.59. The van der Waals surface area contributed by atoms with Crippen LogP contribution in [0.25, 0.3) is 0 Å². The topological polar surface area (TPSA) is 41.7 Å². The molecular weight excluding hydrogens is 226 g/mol. The van der Waals surface area contributed by atoms with Crippen LogP contribution in [-0.2, 0) is 6.54 Å². The SMILES string of the molecule is COc1ccc(CN2CCN(C)C(C)C2)cc1N. The number of piperazine rings is 1. The van der Waals surface area contributed by atoms with Crippen LogP contribution in [0.3, 0.4) is 0 Å². The van der Waals surface area contributed by atoms with Gasteiger partial charge in [0.05, 0.1) is 12.8 Å². The maximum Gasteiger partial charge on any atom is 0.141 e. The van der Waals surface area contributed by atoms with E-state index in [1.54, 1.807) is 7.11 Å². The Kier molecular flexibility index (Phi) is 4.09. The van der Waals surface area contributed by atoms with Crippen molar-refractivity contribution in [2.45, 2.75) is 19.5 Å². The number of hydrogen-bond acceptors (Lipinski definition) is 4. The van der Waals surface area contributed by atoms with Gasteiger partial charge < -0.3 is 15.4 Å². The Morgan fingerprint density at radius 1 is 1.39 bits per heavy atom. The second-order valence-corrected chi connectivity index (χ2v) is 5.14. The summed E-state index contributed by atoms with van der Waals surface area (Å²) in [5, 5.41) is 0. The third kappa shape index (κ3) is 2.94. The van der Waals surface area contributed by atoms with Crippen molar-refractivity contribution in [3.8, 4) is 5.75 Å². The highest BCUT2D eigenvalue weighted by Crippen LogP contribution is 2.23. The maximum absolute atomic E-state index is 5.93. The van der Waals surface area contributed by atoms with E-state index in [1.807, 2.05) is 12.1 Å². The molecule has 18 heavy (non-hydrogen) atoms. The van der Waals surface area contributed by atoms with Crippen molar-refractivity contribution < 1.29 is 4.74 Å². The molecule has 1 aromatic rings. The Balaban J connectivity index is 1.99. The molecule has 1 heterocycles. The summed E-state index contributed by atoms with van der Waals surface area (Å²) in [6.45, 7) is 6.60. The van der Waals surface area contributed by atoms with Crippen LogP contribution in [0.5, 0.6) is 5.75 Å². The predicted octanol–water partition coefficient (Wildman–Crippen LogP) is 1.41. The van der Waals surface area contributed by atoms with Gasteiger partial charge in [0.1, 0.15) is 5.75 Å². The number of benzene rings is 1. The fourth-order valence-electron chi connectivity index (χ4n) is 2.41. The molecule has 2 N–H and O–H groups in total. The minimum atomic E-state index is 0.620. The van der Waals surface area contributed by atoms with Crippen LogP contribution in [0.1, 0.15) is 12.5 Å². The van der Waals surface area contributed by atoms with E-state index < -0.39 is 0 Å². The molecule has 0 aromatic heterocycles. The van der Waals surface area contributed by atoms with E-state index in [2.05, 4.69) is 29.8 Å². The summed E-state index contributed by atoms with van der Waals surface area (Å²) in [4.78, 5) is 4.88. The van der Waals surface area contributed by atoms with Crippen molar-refractivity contribution in [3.05, 3.63) is 23.8 Å². The van der Waals surface area contributed by atoms with E-state index in [1.165, 1.54) is 5.56 Å². The highest BCUT2D eigenvalue weighted by molar-refractivity contribution is 5.54. The number of likely N-dealkylation sites (N-methyl/N-ethyl adjacent to an activating group) is 1. The predicted molar refractivity (Wildman–Crippen MR) is 74.8 cm³/mol. The first-order chi connectivity index (χ1) is 8.60. The maximum atomic E-state index is 5.93. The molecule has 1 aromatic carbocycles. The van der Waals surface area contributed by atoms with Gasteiger partial charge in [0.15, 0.2) is 0 Å². The van der Waals surface area contributed by atoms with Crippen molar-refractivity contribution in [1.29, 1.82) is 0 Å². The molecular formula is C14H23N3O. The quantitative estimate of drug-likeness (QED) is 0.823. The molecule has 0 radical (unpaired) electrons. The largest absolute Gasteiger partial charge is 0.495 e. The third-order valence-corrected chi connectivity index (χ3v) is 3.74. The summed E-state index contributed by atoms with van der Waals surface area (Å²) in [6.07, 6.45) is 0. The first kappa shape index (κ1) is 13.2. The lowest BCUT2D eigenvalue weighted by Gasteiger charge is -2.37. The smallest absolute Gasteiger partial charge is 0.141 e. The zero-order valence-electron chi connectivity index (χ0n) is 11.5. The van der Waals surface area contributed by atoms with Crippen molar-refractivity contribution in [1.82, 2.24) is 9.80 Å². The number of methoxy groups -OCH3 is 1. The van der Waals surface area contributed by atoms with Gasteiger partial charge >= 0.3 is 0 Å². The van der Waals surface area contributed by atoms with Gasteiger partial charge in [-0.15, -0.1) is 0 Å². The number of hydrogen-bond donors (Lipinski definition) is 1. The van der Waals surface area contributed by atoms with E-state index in [4.69, 9.17) is 10.5 Å². The lowest BCUT2D eigenvalue weighted by Crippen LogP contribution is -2.49. The van der Waals surface area contributed by atoms with Crippen LogP contribution in [-0.4, -0.2) is 49.6 Å². The van der Waals surface area contributed by atoms with Crippen molar-refractivity contribution in [2.75, 3.05) is 39.5 Å². The van der Waals surface area contributed by atoms with Crippen LogP contribution in [0.2, 0.25) is 0 Å². The molecule has 0 amide bonds. The lowest BCUT2D eigenvalue weighted by molar-refractivity contribution is 0.1000. The summed E-state index contributed by atoms with van der Waals surface area (Å²) in [6, 6.07) is 6.68. The molecule has 1 fully saturated rings. The number of nitrogen functional groups attached to an aromatic ring is 1. The minimum Gasteiger partial charge on any atom is -0.495 e. The lowest BCUT2D eigenvalue weighted by atomic mass is 10.1. The van der Waals surface area contributed by atoms with Crippen LogP contribution < -0.4 is 10.5 Å². The Bertz CT molecular complexity index is 408. The monoisotopic (exact) mass is 249 g/mol. The number of rotatable bonds is 3. The van der Waals surface area contributed by atoms with Crippen molar-refractivity contribution in [2.24, 2.45) is 0 Å². The minimum absolute atomic E-state index is 0.620. The normalized spacial score (nSPS) is 22.1. The average Bonchev–Trinajstić information content (AvgIpc) is 2.34. The molecule has 0 spiro atoms. The fraction of sp³-hybridized carbons (Fsp3) is 0.571. The molecule has 1 aliphatic rings. The van der Waals surface area contributed by atoms with E-state index in [0.29, 0.717) is 6.04 Å². The van der Waals surface area contributed by atoms with Crippen LogP contribution in [0, 0.1) is 0 Å². The Hall–Kier alpha value is -1.26. The fourth-order valence-corrected chi connectivity index (χ4v) is 2.41. The zero-order chi connectivity index (χ0) is 13.1. The van der Waals surface area contributed by atoms with Crippen LogP contribution in [0.4, 0.5) is 5.69 Å². The van der Waals surface area contributed by atoms with Gasteiger partial charge in [0.25, 0.3) is 0 Å². The summed E-state index contributed by atoms with van der Waals surface area (Å²) < 4.78 is 5.18. The molecule has 0 saturated carbocycles.